The first kappa shape index (κ1) is 14.6. The molecule has 0 bridgehead atoms. The molecule has 1 nitrogen and oxygen atoms in total. The van der Waals surface area contributed by atoms with Gasteiger partial charge >= 0.3 is 0 Å². The number of hydrogen-bond acceptors (Lipinski definition) is 1. The van der Waals surface area contributed by atoms with Crippen LogP contribution in [0, 0.1) is 20.8 Å². The minimum Gasteiger partial charge on any atom is -0.320 e. The molecule has 0 aliphatic heterocycles. The first-order valence-corrected chi connectivity index (χ1v) is 7.35. The molecule has 0 spiro atoms. The van der Waals surface area contributed by atoms with Crippen LogP contribution >= 0.6 is 27.5 Å². The number of nitrogens with two attached hydrogens (primary N) is 1. The van der Waals surface area contributed by atoms with Crippen molar-refractivity contribution in [2.24, 2.45) is 5.73 Å². The molecule has 1 atom stereocenters. The molecule has 0 fully saturated rings. The molecule has 1 unspecified atom stereocenters. The molecule has 0 saturated carbocycles. The number of rotatable bonds is 2. The summed E-state index contributed by atoms with van der Waals surface area (Å²) in [6.45, 7) is 6.18. The third-order valence-electron chi connectivity index (χ3n) is 3.31. The highest BCUT2D eigenvalue weighted by molar-refractivity contribution is 9.10. The molecular formula is C16H17BrClN. The van der Waals surface area contributed by atoms with E-state index in [1.165, 1.54) is 11.1 Å². The number of aryl methyl sites for hydroxylation is 3. The standard InChI is InChI=1S/C16H17BrClN/c1-9-4-12(8-13(18)5-9)16(19)14-6-11(3)15(17)7-10(14)2/h4-8,16H,19H2,1-3H3. The summed E-state index contributed by atoms with van der Waals surface area (Å²) in [6.07, 6.45) is 0. The lowest BCUT2D eigenvalue weighted by Gasteiger charge is -2.18. The van der Waals surface area contributed by atoms with Crippen molar-refractivity contribution >= 4 is 27.5 Å². The van der Waals surface area contributed by atoms with Crippen LogP contribution in [0.2, 0.25) is 5.02 Å². The highest BCUT2D eigenvalue weighted by Gasteiger charge is 2.14. The molecule has 0 aromatic heterocycles. The summed E-state index contributed by atoms with van der Waals surface area (Å²) in [5.41, 5.74) is 12.1. The van der Waals surface area contributed by atoms with Gasteiger partial charge in [0.2, 0.25) is 0 Å². The molecule has 2 rings (SSSR count). The van der Waals surface area contributed by atoms with Crippen molar-refractivity contribution in [2.45, 2.75) is 26.8 Å². The first-order chi connectivity index (χ1) is 8.88. The molecule has 0 aliphatic carbocycles. The monoisotopic (exact) mass is 337 g/mol. The third-order valence-corrected chi connectivity index (χ3v) is 4.38. The van der Waals surface area contributed by atoms with Gasteiger partial charge in [0.1, 0.15) is 0 Å². The van der Waals surface area contributed by atoms with E-state index in [1.807, 2.05) is 19.1 Å². The molecular weight excluding hydrogens is 322 g/mol. The molecule has 0 saturated heterocycles. The molecule has 2 aromatic carbocycles. The van der Waals surface area contributed by atoms with Gasteiger partial charge < -0.3 is 5.73 Å². The Morgan fingerprint density at radius 1 is 1.00 bits per heavy atom. The first-order valence-electron chi connectivity index (χ1n) is 6.18. The fraction of sp³-hybridized carbons (Fsp3) is 0.250. The fourth-order valence-electron chi connectivity index (χ4n) is 2.26. The quantitative estimate of drug-likeness (QED) is 0.812. The smallest absolute Gasteiger partial charge is 0.0555 e. The molecule has 3 heteroatoms. The molecule has 0 amide bonds. The van der Waals surface area contributed by atoms with E-state index < -0.39 is 0 Å². The van der Waals surface area contributed by atoms with Crippen LogP contribution < -0.4 is 5.73 Å². The maximum absolute atomic E-state index is 6.40. The van der Waals surface area contributed by atoms with E-state index in [0.29, 0.717) is 0 Å². The van der Waals surface area contributed by atoms with Crippen molar-refractivity contribution in [3.63, 3.8) is 0 Å². The Balaban J connectivity index is 2.49. The highest BCUT2D eigenvalue weighted by Crippen LogP contribution is 2.29. The fourth-order valence-corrected chi connectivity index (χ4v) is 3.02. The van der Waals surface area contributed by atoms with Crippen LogP contribution in [0.15, 0.2) is 34.8 Å². The Bertz CT molecular complexity index is 602. The van der Waals surface area contributed by atoms with E-state index >= 15 is 0 Å². The predicted octanol–water partition coefficient (Wildman–Crippen LogP) is 5.08. The molecule has 0 radical (unpaired) electrons. The second-order valence-corrected chi connectivity index (χ2v) is 6.29. The van der Waals surface area contributed by atoms with Crippen molar-refractivity contribution in [1.82, 2.24) is 0 Å². The summed E-state index contributed by atoms with van der Waals surface area (Å²) in [7, 11) is 0. The van der Waals surface area contributed by atoms with Gasteiger partial charge in [-0.15, -0.1) is 0 Å². The predicted molar refractivity (Wildman–Crippen MR) is 85.8 cm³/mol. The molecule has 100 valence electrons. The lowest BCUT2D eigenvalue weighted by molar-refractivity contribution is 0.857. The largest absolute Gasteiger partial charge is 0.320 e. The number of halogens is 2. The third kappa shape index (κ3) is 3.19. The van der Waals surface area contributed by atoms with Crippen LogP contribution in [0.25, 0.3) is 0 Å². The maximum Gasteiger partial charge on any atom is 0.0555 e. The molecule has 19 heavy (non-hydrogen) atoms. The molecule has 2 aromatic rings. The van der Waals surface area contributed by atoms with E-state index in [0.717, 1.165) is 26.2 Å². The van der Waals surface area contributed by atoms with Crippen molar-refractivity contribution < 1.29 is 0 Å². The normalized spacial score (nSPS) is 12.5. The number of hydrogen-bond donors (Lipinski definition) is 1. The van der Waals surface area contributed by atoms with E-state index in [9.17, 15) is 0 Å². The lowest BCUT2D eigenvalue weighted by Crippen LogP contribution is -2.14. The van der Waals surface area contributed by atoms with Gasteiger partial charge in [0.25, 0.3) is 0 Å². The van der Waals surface area contributed by atoms with Gasteiger partial charge in [-0.2, -0.15) is 0 Å². The van der Waals surface area contributed by atoms with Crippen LogP contribution in [-0.2, 0) is 0 Å². The van der Waals surface area contributed by atoms with Gasteiger partial charge in [0.05, 0.1) is 6.04 Å². The summed E-state index contributed by atoms with van der Waals surface area (Å²) < 4.78 is 1.11. The van der Waals surface area contributed by atoms with E-state index in [-0.39, 0.29) is 6.04 Å². The minimum absolute atomic E-state index is 0.149. The zero-order valence-corrected chi connectivity index (χ0v) is 13.6. The maximum atomic E-state index is 6.40. The van der Waals surface area contributed by atoms with Crippen LogP contribution in [0.1, 0.15) is 33.9 Å². The zero-order chi connectivity index (χ0) is 14.2. The Morgan fingerprint density at radius 3 is 2.32 bits per heavy atom. The average molecular weight is 339 g/mol. The Hall–Kier alpha value is -0.830. The SMILES string of the molecule is Cc1cc(Cl)cc(C(N)c2cc(C)c(Br)cc2C)c1. The van der Waals surface area contributed by atoms with Crippen LogP contribution in [-0.4, -0.2) is 0 Å². The van der Waals surface area contributed by atoms with Gasteiger partial charge in [-0.3, -0.25) is 0 Å². The second-order valence-electron chi connectivity index (χ2n) is 5.00. The number of benzene rings is 2. The van der Waals surface area contributed by atoms with Crippen molar-refractivity contribution in [2.75, 3.05) is 0 Å². The van der Waals surface area contributed by atoms with Gasteiger partial charge in [-0.1, -0.05) is 39.7 Å². The highest BCUT2D eigenvalue weighted by atomic mass is 79.9. The minimum atomic E-state index is -0.149. The zero-order valence-electron chi connectivity index (χ0n) is 11.3. The molecule has 0 aliphatic rings. The van der Waals surface area contributed by atoms with Gasteiger partial charge in [-0.25, -0.2) is 0 Å². The summed E-state index contributed by atoms with van der Waals surface area (Å²) in [6, 6.07) is 10.1. The molecule has 2 N–H and O–H groups in total. The Labute approximate surface area is 127 Å². The van der Waals surface area contributed by atoms with E-state index in [1.54, 1.807) is 0 Å². The van der Waals surface area contributed by atoms with Crippen LogP contribution in [0.5, 0.6) is 0 Å². The topological polar surface area (TPSA) is 26.0 Å². The van der Waals surface area contributed by atoms with E-state index in [4.69, 9.17) is 17.3 Å². The summed E-state index contributed by atoms with van der Waals surface area (Å²) in [5.74, 6) is 0. The van der Waals surface area contributed by atoms with Crippen LogP contribution in [0.3, 0.4) is 0 Å². The van der Waals surface area contributed by atoms with Crippen LogP contribution in [0.4, 0.5) is 0 Å². The van der Waals surface area contributed by atoms with Crippen molar-refractivity contribution in [1.29, 1.82) is 0 Å². The summed E-state index contributed by atoms with van der Waals surface area (Å²) in [4.78, 5) is 0. The Morgan fingerprint density at radius 2 is 1.68 bits per heavy atom. The van der Waals surface area contributed by atoms with Gasteiger partial charge in [-0.05, 0) is 66.8 Å². The van der Waals surface area contributed by atoms with Crippen molar-refractivity contribution in [3.8, 4) is 0 Å². The average Bonchev–Trinajstić information content (AvgIpc) is 2.31. The molecule has 0 heterocycles. The van der Waals surface area contributed by atoms with Gasteiger partial charge in [0, 0.05) is 9.50 Å². The lowest BCUT2D eigenvalue weighted by atomic mass is 9.93. The summed E-state index contributed by atoms with van der Waals surface area (Å²) in [5, 5.41) is 0.733. The van der Waals surface area contributed by atoms with Gasteiger partial charge in [0.15, 0.2) is 0 Å². The second kappa shape index (κ2) is 5.66. The van der Waals surface area contributed by atoms with E-state index in [2.05, 4.69) is 48.0 Å². The van der Waals surface area contributed by atoms with Crippen molar-refractivity contribution in [3.05, 3.63) is 67.6 Å². The Kier molecular flexibility index (Phi) is 4.34. The summed E-state index contributed by atoms with van der Waals surface area (Å²) >= 11 is 9.66.